The summed E-state index contributed by atoms with van der Waals surface area (Å²) in [6, 6.07) is 7.65. The van der Waals surface area contributed by atoms with Gasteiger partial charge in [0.1, 0.15) is 6.10 Å². The van der Waals surface area contributed by atoms with Gasteiger partial charge >= 0.3 is 0 Å². The number of morpholine rings is 1. The highest BCUT2D eigenvalue weighted by Crippen LogP contribution is 2.24. The highest BCUT2D eigenvalue weighted by atomic mass is 35.5. The number of carbonyl (C=O) groups is 1. The van der Waals surface area contributed by atoms with Crippen LogP contribution in [0.2, 0.25) is 5.02 Å². The third-order valence-corrected chi connectivity index (χ3v) is 4.23. The highest BCUT2D eigenvalue weighted by molar-refractivity contribution is 6.30. The Morgan fingerprint density at radius 2 is 2.10 bits per heavy atom. The molecule has 0 radical (unpaired) electrons. The molecule has 2 fully saturated rings. The molecule has 2 heterocycles. The van der Waals surface area contributed by atoms with E-state index in [1.807, 2.05) is 29.2 Å². The lowest BCUT2D eigenvalue weighted by atomic mass is 10.1. The molecular weight excluding hydrogens is 311 g/mol. The quantitative estimate of drug-likeness (QED) is 0.905. The van der Waals surface area contributed by atoms with Crippen LogP contribution in [-0.4, -0.2) is 43.1 Å². The van der Waals surface area contributed by atoms with E-state index >= 15 is 0 Å². The first-order valence-electron chi connectivity index (χ1n) is 7.13. The van der Waals surface area contributed by atoms with Crippen LogP contribution in [0, 0.1) is 0 Å². The van der Waals surface area contributed by atoms with Crippen LogP contribution in [0.5, 0.6) is 0 Å². The Morgan fingerprint density at radius 1 is 1.33 bits per heavy atom. The number of rotatable bonds is 2. The van der Waals surface area contributed by atoms with E-state index < -0.39 is 0 Å². The zero-order valence-corrected chi connectivity index (χ0v) is 13.3. The predicted octanol–water partition coefficient (Wildman–Crippen LogP) is 2.41. The van der Waals surface area contributed by atoms with E-state index in [-0.39, 0.29) is 30.5 Å². The average molecular weight is 331 g/mol. The SMILES string of the molecule is Cl.O=C([C@@H]1CCCN1)N1CCOC(c2ccc(Cl)cc2)C1. The van der Waals surface area contributed by atoms with Crippen LogP contribution in [0.3, 0.4) is 0 Å². The topological polar surface area (TPSA) is 41.6 Å². The molecule has 116 valence electrons. The number of amides is 1. The van der Waals surface area contributed by atoms with E-state index in [0.29, 0.717) is 24.7 Å². The Hall–Kier alpha value is -0.810. The number of ether oxygens (including phenoxy) is 1. The summed E-state index contributed by atoms with van der Waals surface area (Å²) in [5, 5.41) is 3.98. The number of benzene rings is 1. The smallest absolute Gasteiger partial charge is 0.239 e. The molecule has 4 nitrogen and oxygen atoms in total. The summed E-state index contributed by atoms with van der Waals surface area (Å²) in [4.78, 5) is 14.3. The van der Waals surface area contributed by atoms with Gasteiger partial charge in [-0.25, -0.2) is 0 Å². The Bertz CT molecular complexity index is 475. The first kappa shape index (κ1) is 16.6. The molecular formula is C15H20Cl2N2O2. The molecule has 2 atom stereocenters. The number of nitrogens with one attached hydrogen (secondary N) is 1. The maximum atomic E-state index is 12.4. The van der Waals surface area contributed by atoms with Crippen LogP contribution in [0.4, 0.5) is 0 Å². The fourth-order valence-electron chi connectivity index (χ4n) is 2.84. The summed E-state index contributed by atoms with van der Waals surface area (Å²) in [7, 11) is 0. The zero-order valence-electron chi connectivity index (χ0n) is 11.8. The van der Waals surface area contributed by atoms with Crippen LogP contribution in [0.1, 0.15) is 24.5 Å². The lowest BCUT2D eigenvalue weighted by Crippen LogP contribution is -2.49. The molecule has 0 bridgehead atoms. The molecule has 2 aliphatic heterocycles. The first-order valence-corrected chi connectivity index (χ1v) is 7.51. The van der Waals surface area contributed by atoms with E-state index in [1.54, 1.807) is 0 Å². The normalized spacial score (nSPS) is 25.5. The first-order chi connectivity index (χ1) is 9.74. The van der Waals surface area contributed by atoms with E-state index in [4.69, 9.17) is 16.3 Å². The third kappa shape index (κ3) is 3.89. The van der Waals surface area contributed by atoms with Crippen molar-refractivity contribution >= 4 is 29.9 Å². The Balaban J connectivity index is 0.00000161. The van der Waals surface area contributed by atoms with Gasteiger partial charge in [0.2, 0.25) is 5.91 Å². The number of nitrogens with zero attached hydrogens (tertiary/aromatic N) is 1. The van der Waals surface area contributed by atoms with Gasteiger partial charge < -0.3 is 15.0 Å². The fourth-order valence-corrected chi connectivity index (χ4v) is 2.97. The van der Waals surface area contributed by atoms with Gasteiger partial charge in [0.25, 0.3) is 0 Å². The van der Waals surface area contributed by atoms with Gasteiger partial charge in [-0.3, -0.25) is 4.79 Å². The van der Waals surface area contributed by atoms with Gasteiger partial charge in [-0.2, -0.15) is 0 Å². The van der Waals surface area contributed by atoms with Gasteiger partial charge in [0.15, 0.2) is 0 Å². The summed E-state index contributed by atoms with van der Waals surface area (Å²) >= 11 is 5.90. The van der Waals surface area contributed by atoms with Gasteiger partial charge in [0, 0.05) is 11.6 Å². The Labute approximate surface area is 136 Å². The minimum Gasteiger partial charge on any atom is -0.370 e. The zero-order chi connectivity index (χ0) is 13.9. The van der Waals surface area contributed by atoms with Crippen LogP contribution in [0.25, 0.3) is 0 Å². The maximum Gasteiger partial charge on any atom is 0.239 e. The standard InChI is InChI=1S/C15H19ClN2O2.ClH/c16-12-5-3-11(4-6-12)14-10-18(8-9-20-14)15(19)13-2-1-7-17-13;/h3-6,13-14,17H,1-2,7-10H2;1H/t13-,14?;/m0./s1. The molecule has 1 aromatic rings. The van der Waals surface area contributed by atoms with Crippen molar-refractivity contribution in [2.24, 2.45) is 0 Å². The molecule has 6 heteroatoms. The van der Waals surface area contributed by atoms with Crippen molar-refractivity contribution in [1.82, 2.24) is 10.2 Å². The Morgan fingerprint density at radius 3 is 2.76 bits per heavy atom. The van der Waals surface area contributed by atoms with Crippen LogP contribution in [-0.2, 0) is 9.53 Å². The molecule has 2 saturated heterocycles. The van der Waals surface area contributed by atoms with Crippen molar-refractivity contribution in [1.29, 1.82) is 0 Å². The lowest BCUT2D eigenvalue weighted by molar-refractivity contribution is -0.140. The summed E-state index contributed by atoms with van der Waals surface area (Å²) in [6.07, 6.45) is 1.98. The largest absolute Gasteiger partial charge is 0.370 e. The number of hydrogen-bond donors (Lipinski definition) is 1. The number of halogens is 2. The van der Waals surface area contributed by atoms with Crippen molar-refractivity contribution in [3.05, 3.63) is 34.9 Å². The van der Waals surface area contributed by atoms with Gasteiger partial charge in [-0.15, -0.1) is 12.4 Å². The fraction of sp³-hybridized carbons (Fsp3) is 0.533. The van der Waals surface area contributed by atoms with Crippen LogP contribution in [0.15, 0.2) is 24.3 Å². The minimum atomic E-state index is -0.0497. The molecule has 1 unspecified atom stereocenters. The van der Waals surface area contributed by atoms with Crippen molar-refractivity contribution < 1.29 is 9.53 Å². The van der Waals surface area contributed by atoms with Crippen molar-refractivity contribution in [2.45, 2.75) is 25.0 Å². The second-order valence-corrected chi connectivity index (χ2v) is 5.78. The van der Waals surface area contributed by atoms with Crippen molar-refractivity contribution in [3.8, 4) is 0 Å². The summed E-state index contributed by atoms with van der Waals surface area (Å²) in [5.41, 5.74) is 1.08. The molecule has 3 rings (SSSR count). The van der Waals surface area contributed by atoms with Gasteiger partial charge in [-0.1, -0.05) is 23.7 Å². The van der Waals surface area contributed by atoms with E-state index in [0.717, 1.165) is 24.9 Å². The van der Waals surface area contributed by atoms with Gasteiger partial charge in [-0.05, 0) is 37.1 Å². The monoisotopic (exact) mass is 330 g/mol. The molecule has 1 aromatic carbocycles. The second kappa shape index (κ2) is 7.45. The molecule has 0 spiro atoms. The Kier molecular flexibility index (Phi) is 5.88. The maximum absolute atomic E-state index is 12.4. The third-order valence-electron chi connectivity index (χ3n) is 3.98. The minimum absolute atomic E-state index is 0. The second-order valence-electron chi connectivity index (χ2n) is 5.34. The molecule has 1 N–H and O–H groups in total. The van der Waals surface area contributed by atoms with E-state index in [2.05, 4.69) is 5.32 Å². The average Bonchev–Trinajstić information content (AvgIpc) is 3.01. The van der Waals surface area contributed by atoms with Crippen LogP contribution >= 0.6 is 24.0 Å². The summed E-state index contributed by atoms with van der Waals surface area (Å²) in [5.74, 6) is 0.213. The molecule has 0 aliphatic carbocycles. The molecule has 0 aromatic heterocycles. The summed E-state index contributed by atoms with van der Waals surface area (Å²) < 4.78 is 5.79. The molecule has 2 aliphatic rings. The van der Waals surface area contributed by atoms with Crippen molar-refractivity contribution in [3.63, 3.8) is 0 Å². The molecule has 1 amide bonds. The van der Waals surface area contributed by atoms with Crippen molar-refractivity contribution in [2.75, 3.05) is 26.2 Å². The molecule has 0 saturated carbocycles. The van der Waals surface area contributed by atoms with E-state index in [1.165, 1.54) is 0 Å². The van der Waals surface area contributed by atoms with E-state index in [9.17, 15) is 4.79 Å². The predicted molar refractivity (Wildman–Crippen MR) is 85.0 cm³/mol. The lowest BCUT2D eigenvalue weighted by Gasteiger charge is -2.34. The summed E-state index contributed by atoms with van der Waals surface area (Å²) in [6.45, 7) is 2.84. The highest BCUT2D eigenvalue weighted by Gasteiger charge is 2.31. The van der Waals surface area contributed by atoms with Gasteiger partial charge in [0.05, 0.1) is 19.2 Å². The number of carbonyl (C=O) groups excluding carboxylic acids is 1. The van der Waals surface area contributed by atoms with Crippen LogP contribution < -0.4 is 5.32 Å². The number of hydrogen-bond acceptors (Lipinski definition) is 3. The molecule has 21 heavy (non-hydrogen) atoms.